The van der Waals surface area contributed by atoms with Crippen molar-refractivity contribution in [2.45, 2.75) is 39.5 Å². The van der Waals surface area contributed by atoms with Crippen molar-refractivity contribution in [3.8, 4) is 0 Å². The lowest BCUT2D eigenvalue weighted by Crippen LogP contribution is -2.39. The molecule has 1 saturated heterocycles. The molecule has 25 heavy (non-hydrogen) atoms. The Hall–Kier alpha value is -2.70. The summed E-state index contributed by atoms with van der Waals surface area (Å²) in [4.78, 5) is 50.0. The van der Waals surface area contributed by atoms with Crippen LogP contribution in [0.15, 0.2) is 24.3 Å². The van der Waals surface area contributed by atoms with Crippen molar-refractivity contribution in [1.29, 1.82) is 0 Å². The molecule has 1 N–H and O–H groups in total. The minimum atomic E-state index is -0.951. The van der Waals surface area contributed by atoms with Crippen LogP contribution < -0.4 is 5.32 Å². The van der Waals surface area contributed by atoms with Crippen LogP contribution in [0.25, 0.3) is 0 Å². The second-order valence-electron chi connectivity index (χ2n) is 6.27. The molecule has 0 radical (unpaired) electrons. The monoisotopic (exact) mass is 345 g/mol. The van der Waals surface area contributed by atoms with E-state index in [0.717, 1.165) is 16.9 Å². The molecule has 134 valence electrons. The van der Waals surface area contributed by atoms with Gasteiger partial charge >= 0.3 is 17.8 Å². The van der Waals surface area contributed by atoms with Crippen molar-refractivity contribution in [2.75, 3.05) is 18.4 Å². The fourth-order valence-electron chi connectivity index (χ4n) is 2.65. The van der Waals surface area contributed by atoms with Crippen LogP contribution in [0.1, 0.15) is 45.1 Å². The lowest BCUT2D eigenvalue weighted by molar-refractivity contribution is -0.143. The molecule has 1 aliphatic heterocycles. The smallest absolute Gasteiger partial charge is 0.324 e. The van der Waals surface area contributed by atoms with Crippen LogP contribution in [0.2, 0.25) is 0 Å². The summed E-state index contributed by atoms with van der Waals surface area (Å²) >= 11 is 0. The van der Waals surface area contributed by atoms with Gasteiger partial charge in [0.2, 0.25) is 5.91 Å². The summed E-state index contributed by atoms with van der Waals surface area (Å²) < 4.78 is 0. The summed E-state index contributed by atoms with van der Waals surface area (Å²) in [6, 6.07) is 6.62. The minimum absolute atomic E-state index is 0.189. The summed E-state index contributed by atoms with van der Waals surface area (Å²) in [6.45, 7) is 5.64. The van der Waals surface area contributed by atoms with Gasteiger partial charge in [0.25, 0.3) is 0 Å². The SMILES string of the molecule is CCCCN1C(=O)C(=O)N(CC(=O)Nc2ccccc2C(C)C)C1=O. The van der Waals surface area contributed by atoms with Gasteiger partial charge in [-0.15, -0.1) is 0 Å². The average Bonchev–Trinajstić information content (AvgIpc) is 2.77. The van der Waals surface area contributed by atoms with E-state index in [9.17, 15) is 19.2 Å². The number of para-hydroxylation sites is 1. The summed E-state index contributed by atoms with van der Waals surface area (Å²) in [7, 11) is 0. The lowest BCUT2D eigenvalue weighted by atomic mass is 10.0. The molecule has 0 atom stereocenters. The number of rotatable bonds is 7. The van der Waals surface area contributed by atoms with Crippen molar-refractivity contribution < 1.29 is 19.2 Å². The quantitative estimate of drug-likeness (QED) is 0.607. The van der Waals surface area contributed by atoms with E-state index < -0.39 is 30.3 Å². The maximum atomic E-state index is 12.3. The second kappa shape index (κ2) is 7.92. The Morgan fingerprint density at radius 3 is 2.36 bits per heavy atom. The molecule has 7 nitrogen and oxygen atoms in total. The number of benzene rings is 1. The van der Waals surface area contributed by atoms with E-state index in [-0.39, 0.29) is 12.5 Å². The molecular formula is C18H23N3O4. The van der Waals surface area contributed by atoms with Gasteiger partial charge < -0.3 is 5.32 Å². The number of carbonyl (C=O) groups is 4. The first-order valence-electron chi connectivity index (χ1n) is 8.42. The summed E-state index contributed by atoms with van der Waals surface area (Å²) in [5.74, 6) is -2.13. The van der Waals surface area contributed by atoms with Crippen molar-refractivity contribution in [3.05, 3.63) is 29.8 Å². The van der Waals surface area contributed by atoms with Crippen molar-refractivity contribution >= 4 is 29.4 Å². The highest BCUT2D eigenvalue weighted by Gasteiger charge is 2.44. The fourth-order valence-corrected chi connectivity index (χ4v) is 2.65. The van der Waals surface area contributed by atoms with Gasteiger partial charge in [0.05, 0.1) is 0 Å². The molecule has 0 aromatic heterocycles. The molecule has 1 aliphatic rings. The molecule has 0 spiro atoms. The van der Waals surface area contributed by atoms with Gasteiger partial charge in [-0.05, 0) is 24.0 Å². The Morgan fingerprint density at radius 1 is 1.08 bits per heavy atom. The van der Waals surface area contributed by atoms with E-state index >= 15 is 0 Å². The van der Waals surface area contributed by atoms with Crippen LogP contribution >= 0.6 is 0 Å². The molecule has 7 heteroatoms. The molecule has 0 bridgehead atoms. The summed E-state index contributed by atoms with van der Waals surface area (Å²) in [6.07, 6.45) is 1.41. The van der Waals surface area contributed by atoms with Crippen LogP contribution in [0.4, 0.5) is 10.5 Å². The first-order valence-corrected chi connectivity index (χ1v) is 8.42. The second-order valence-corrected chi connectivity index (χ2v) is 6.27. The Kier molecular flexibility index (Phi) is 5.90. The number of nitrogens with one attached hydrogen (secondary N) is 1. The highest BCUT2D eigenvalue weighted by atomic mass is 16.2. The molecule has 0 unspecified atom stereocenters. The minimum Gasteiger partial charge on any atom is -0.324 e. The lowest BCUT2D eigenvalue weighted by Gasteiger charge is -2.17. The Morgan fingerprint density at radius 2 is 1.72 bits per heavy atom. The third-order valence-electron chi connectivity index (χ3n) is 4.03. The van der Waals surface area contributed by atoms with Crippen molar-refractivity contribution in [2.24, 2.45) is 0 Å². The molecule has 1 aromatic rings. The molecule has 1 heterocycles. The Labute approximate surface area is 147 Å². The van der Waals surface area contributed by atoms with Crippen LogP contribution in [-0.4, -0.2) is 46.6 Å². The number of unbranched alkanes of at least 4 members (excludes halogenated alkanes) is 1. The van der Waals surface area contributed by atoms with Gasteiger partial charge in [-0.2, -0.15) is 0 Å². The maximum absolute atomic E-state index is 12.3. The van der Waals surface area contributed by atoms with Gasteiger partial charge in [-0.25, -0.2) is 9.69 Å². The van der Waals surface area contributed by atoms with E-state index in [1.54, 1.807) is 12.1 Å². The van der Waals surface area contributed by atoms with Gasteiger partial charge in [0, 0.05) is 12.2 Å². The zero-order valence-corrected chi connectivity index (χ0v) is 14.7. The highest BCUT2D eigenvalue weighted by Crippen LogP contribution is 2.23. The van der Waals surface area contributed by atoms with Crippen molar-refractivity contribution in [1.82, 2.24) is 9.80 Å². The molecule has 0 aliphatic carbocycles. The average molecular weight is 345 g/mol. The third kappa shape index (κ3) is 4.04. The molecule has 1 fully saturated rings. The number of carbonyl (C=O) groups excluding carboxylic acids is 4. The third-order valence-corrected chi connectivity index (χ3v) is 4.03. The molecule has 0 saturated carbocycles. The van der Waals surface area contributed by atoms with E-state index in [4.69, 9.17) is 0 Å². The van der Waals surface area contributed by atoms with Gasteiger partial charge in [-0.1, -0.05) is 45.4 Å². The maximum Gasteiger partial charge on any atom is 0.334 e. The largest absolute Gasteiger partial charge is 0.334 e. The zero-order chi connectivity index (χ0) is 18.6. The van der Waals surface area contributed by atoms with Gasteiger partial charge in [-0.3, -0.25) is 19.3 Å². The first kappa shape index (κ1) is 18.6. The predicted molar refractivity (Wildman–Crippen MR) is 92.9 cm³/mol. The number of nitrogens with zero attached hydrogens (tertiary/aromatic N) is 2. The Balaban J connectivity index is 2.07. The molecular weight excluding hydrogens is 322 g/mol. The van der Waals surface area contributed by atoms with Crippen LogP contribution in [0, 0.1) is 0 Å². The number of amides is 5. The Bertz CT molecular complexity index is 699. The molecule has 5 amide bonds. The normalized spacial score (nSPS) is 14.6. The van der Waals surface area contributed by atoms with Crippen LogP contribution in [0.5, 0.6) is 0 Å². The summed E-state index contributed by atoms with van der Waals surface area (Å²) in [5, 5.41) is 2.72. The standard InChI is InChI=1S/C18H23N3O4/c1-4-5-10-20-16(23)17(24)21(18(20)25)11-15(22)19-14-9-7-6-8-13(14)12(2)3/h6-9,12H,4-5,10-11H2,1-3H3,(H,19,22). The number of urea groups is 1. The van der Waals surface area contributed by atoms with E-state index in [0.29, 0.717) is 17.0 Å². The topological polar surface area (TPSA) is 86.8 Å². The van der Waals surface area contributed by atoms with Crippen LogP contribution in [0.3, 0.4) is 0 Å². The molecule has 2 rings (SSSR count). The van der Waals surface area contributed by atoms with Gasteiger partial charge in [0.1, 0.15) is 6.54 Å². The first-order chi connectivity index (χ1) is 11.9. The number of hydrogen-bond acceptors (Lipinski definition) is 4. The van der Waals surface area contributed by atoms with Crippen molar-refractivity contribution in [3.63, 3.8) is 0 Å². The van der Waals surface area contributed by atoms with E-state index in [2.05, 4.69) is 5.32 Å². The van der Waals surface area contributed by atoms with E-state index in [1.807, 2.05) is 32.9 Å². The summed E-state index contributed by atoms with van der Waals surface area (Å²) in [5.41, 5.74) is 1.59. The fraction of sp³-hybridized carbons (Fsp3) is 0.444. The zero-order valence-electron chi connectivity index (χ0n) is 14.7. The highest BCUT2D eigenvalue weighted by molar-refractivity contribution is 6.45. The number of anilines is 1. The number of hydrogen-bond donors (Lipinski definition) is 1. The molecule has 1 aromatic carbocycles. The van der Waals surface area contributed by atoms with E-state index in [1.165, 1.54) is 0 Å². The number of imide groups is 2. The van der Waals surface area contributed by atoms with Gasteiger partial charge in [0.15, 0.2) is 0 Å². The predicted octanol–water partition coefficient (Wildman–Crippen LogP) is 2.34. The van der Waals surface area contributed by atoms with Crippen LogP contribution in [-0.2, 0) is 14.4 Å².